The lowest BCUT2D eigenvalue weighted by atomic mass is 9.89. The van der Waals surface area contributed by atoms with E-state index in [1.54, 1.807) is 30.9 Å². The third-order valence-electron chi connectivity index (χ3n) is 4.95. The maximum atomic E-state index is 12.7. The van der Waals surface area contributed by atoms with Crippen LogP contribution in [0.25, 0.3) is 0 Å². The molecule has 2 aromatic rings. The first-order chi connectivity index (χ1) is 12.3. The fourth-order valence-corrected chi connectivity index (χ4v) is 3.56. The molecule has 0 aliphatic carbocycles. The molecule has 0 radical (unpaired) electrons. The zero-order valence-electron chi connectivity index (χ0n) is 14.0. The van der Waals surface area contributed by atoms with Crippen molar-refractivity contribution in [2.45, 2.75) is 18.4 Å². The number of morpholine rings is 1. The second-order valence-corrected chi connectivity index (χ2v) is 6.54. The molecule has 0 atom stereocenters. The number of ether oxygens (including phenoxy) is 1. The molecule has 2 saturated heterocycles. The molecule has 7 nitrogen and oxygen atoms in total. The van der Waals surface area contributed by atoms with E-state index in [-0.39, 0.29) is 11.5 Å². The Kier molecular flexibility index (Phi) is 4.31. The van der Waals surface area contributed by atoms with Crippen LogP contribution in [0.4, 0.5) is 5.95 Å². The van der Waals surface area contributed by atoms with E-state index in [1.165, 1.54) is 0 Å². The van der Waals surface area contributed by atoms with Gasteiger partial charge in [0.05, 0.1) is 24.3 Å². The van der Waals surface area contributed by atoms with E-state index in [0.717, 1.165) is 31.9 Å². The van der Waals surface area contributed by atoms with Gasteiger partial charge in [0.25, 0.3) is 5.91 Å². The highest BCUT2D eigenvalue weighted by atomic mass is 16.5. The normalized spacial score (nSPS) is 19.8. The van der Waals surface area contributed by atoms with E-state index >= 15 is 0 Å². The van der Waals surface area contributed by atoms with Crippen molar-refractivity contribution in [2.24, 2.45) is 0 Å². The summed E-state index contributed by atoms with van der Waals surface area (Å²) in [4.78, 5) is 29.5. The van der Waals surface area contributed by atoms with Crippen molar-refractivity contribution >= 4 is 11.9 Å². The second kappa shape index (κ2) is 6.76. The Morgan fingerprint density at radius 1 is 1.08 bits per heavy atom. The molecule has 25 heavy (non-hydrogen) atoms. The molecule has 130 valence electrons. The molecule has 0 unspecified atom stereocenters. The first-order valence-corrected chi connectivity index (χ1v) is 8.61. The zero-order valence-corrected chi connectivity index (χ0v) is 14.0. The number of anilines is 1. The predicted octanol–water partition coefficient (Wildman–Crippen LogP) is 1.38. The minimum Gasteiger partial charge on any atom is -0.371 e. The Labute approximate surface area is 146 Å². The lowest BCUT2D eigenvalue weighted by Gasteiger charge is -2.47. The fourth-order valence-electron chi connectivity index (χ4n) is 3.56. The Morgan fingerprint density at radius 2 is 1.88 bits per heavy atom. The van der Waals surface area contributed by atoms with Gasteiger partial charge in [0.15, 0.2) is 0 Å². The zero-order chi connectivity index (χ0) is 17.1. The molecule has 1 spiro atoms. The first-order valence-electron chi connectivity index (χ1n) is 8.61. The third kappa shape index (κ3) is 3.32. The van der Waals surface area contributed by atoms with Crippen LogP contribution in [0.2, 0.25) is 0 Å². The molecule has 4 heterocycles. The number of carbonyl (C=O) groups is 1. The van der Waals surface area contributed by atoms with Gasteiger partial charge in [-0.1, -0.05) is 0 Å². The number of rotatable bonds is 2. The SMILES string of the molecule is O=C(c1cccnc1)N1CCOC2(CCN(c3ncccn3)CC2)C1. The van der Waals surface area contributed by atoms with Crippen molar-refractivity contribution in [3.05, 3.63) is 48.5 Å². The molecular formula is C18H21N5O2. The van der Waals surface area contributed by atoms with Crippen molar-refractivity contribution in [1.29, 1.82) is 0 Å². The van der Waals surface area contributed by atoms with E-state index in [9.17, 15) is 4.79 Å². The largest absolute Gasteiger partial charge is 0.371 e. The van der Waals surface area contributed by atoms with E-state index in [4.69, 9.17) is 4.74 Å². The summed E-state index contributed by atoms with van der Waals surface area (Å²) in [5, 5.41) is 0. The van der Waals surface area contributed by atoms with Gasteiger partial charge in [-0.25, -0.2) is 9.97 Å². The summed E-state index contributed by atoms with van der Waals surface area (Å²) in [6.45, 7) is 3.50. The Bertz CT molecular complexity index is 717. The standard InChI is InChI=1S/C18H21N5O2/c24-16(15-3-1-6-19-13-15)23-11-12-25-18(14-23)4-9-22(10-5-18)17-20-7-2-8-21-17/h1-3,6-8,13H,4-5,9-12,14H2. The third-order valence-corrected chi connectivity index (χ3v) is 4.95. The molecule has 2 aromatic heterocycles. The van der Waals surface area contributed by atoms with Crippen molar-refractivity contribution in [3.8, 4) is 0 Å². The van der Waals surface area contributed by atoms with Crippen LogP contribution in [-0.2, 0) is 4.74 Å². The van der Waals surface area contributed by atoms with E-state index < -0.39 is 0 Å². The summed E-state index contributed by atoms with van der Waals surface area (Å²) in [6.07, 6.45) is 8.55. The number of carbonyl (C=O) groups excluding carboxylic acids is 1. The minimum absolute atomic E-state index is 0.0320. The molecule has 7 heteroatoms. The van der Waals surface area contributed by atoms with Crippen molar-refractivity contribution in [2.75, 3.05) is 37.7 Å². The Morgan fingerprint density at radius 3 is 2.60 bits per heavy atom. The van der Waals surface area contributed by atoms with Crippen LogP contribution in [0, 0.1) is 0 Å². The van der Waals surface area contributed by atoms with Crippen LogP contribution in [0.15, 0.2) is 43.0 Å². The van der Waals surface area contributed by atoms with Gasteiger partial charge >= 0.3 is 0 Å². The summed E-state index contributed by atoms with van der Waals surface area (Å²) in [5.41, 5.74) is 0.371. The molecule has 0 N–H and O–H groups in total. The highest BCUT2D eigenvalue weighted by Crippen LogP contribution is 2.31. The summed E-state index contributed by atoms with van der Waals surface area (Å²) >= 11 is 0. The lowest BCUT2D eigenvalue weighted by molar-refractivity contribution is -0.111. The number of hydrogen-bond acceptors (Lipinski definition) is 6. The number of aromatic nitrogens is 3. The van der Waals surface area contributed by atoms with Crippen LogP contribution in [-0.4, -0.2) is 64.1 Å². The highest BCUT2D eigenvalue weighted by molar-refractivity contribution is 5.94. The van der Waals surface area contributed by atoms with Crippen LogP contribution in [0.1, 0.15) is 23.2 Å². The fraction of sp³-hybridized carbons (Fsp3) is 0.444. The van der Waals surface area contributed by atoms with Crippen molar-refractivity contribution in [3.63, 3.8) is 0 Å². The molecule has 4 rings (SSSR count). The van der Waals surface area contributed by atoms with Crippen LogP contribution in [0.5, 0.6) is 0 Å². The molecule has 0 saturated carbocycles. The molecule has 0 bridgehead atoms. The monoisotopic (exact) mass is 339 g/mol. The second-order valence-electron chi connectivity index (χ2n) is 6.54. The molecule has 2 aliphatic heterocycles. The van der Waals surface area contributed by atoms with Gasteiger partial charge < -0.3 is 14.5 Å². The molecule has 2 fully saturated rings. The molecule has 0 aromatic carbocycles. The summed E-state index contributed by atoms with van der Waals surface area (Å²) < 4.78 is 6.13. The Hall–Kier alpha value is -2.54. The van der Waals surface area contributed by atoms with E-state index in [1.807, 2.05) is 17.0 Å². The predicted molar refractivity (Wildman–Crippen MR) is 92.3 cm³/mol. The van der Waals surface area contributed by atoms with Crippen LogP contribution < -0.4 is 4.90 Å². The molecule has 2 aliphatic rings. The topological polar surface area (TPSA) is 71.5 Å². The minimum atomic E-state index is -0.263. The summed E-state index contributed by atoms with van der Waals surface area (Å²) in [6, 6.07) is 5.43. The van der Waals surface area contributed by atoms with E-state index in [2.05, 4.69) is 19.9 Å². The number of hydrogen-bond donors (Lipinski definition) is 0. The number of piperidine rings is 1. The Balaban J connectivity index is 1.42. The lowest BCUT2D eigenvalue weighted by Crippen LogP contribution is -2.58. The average molecular weight is 339 g/mol. The molecule has 1 amide bonds. The van der Waals surface area contributed by atoms with Gasteiger partial charge in [0.1, 0.15) is 0 Å². The summed E-state index contributed by atoms with van der Waals surface area (Å²) in [7, 11) is 0. The maximum absolute atomic E-state index is 12.7. The van der Waals surface area contributed by atoms with Gasteiger partial charge in [-0.05, 0) is 31.0 Å². The van der Waals surface area contributed by atoms with Crippen LogP contribution >= 0.6 is 0 Å². The van der Waals surface area contributed by atoms with Gasteiger partial charge in [0.2, 0.25) is 5.95 Å². The van der Waals surface area contributed by atoms with Gasteiger partial charge in [-0.3, -0.25) is 9.78 Å². The van der Waals surface area contributed by atoms with Crippen molar-refractivity contribution < 1.29 is 9.53 Å². The van der Waals surface area contributed by atoms with E-state index in [0.29, 0.717) is 25.3 Å². The quantitative estimate of drug-likeness (QED) is 0.823. The average Bonchev–Trinajstić information content (AvgIpc) is 2.69. The maximum Gasteiger partial charge on any atom is 0.255 e. The van der Waals surface area contributed by atoms with Gasteiger partial charge in [-0.2, -0.15) is 0 Å². The van der Waals surface area contributed by atoms with Gasteiger partial charge in [0, 0.05) is 44.4 Å². The number of pyridine rings is 1. The summed E-state index contributed by atoms with van der Waals surface area (Å²) in [5.74, 6) is 0.793. The molecular weight excluding hydrogens is 318 g/mol. The highest BCUT2D eigenvalue weighted by Gasteiger charge is 2.41. The number of amides is 1. The first kappa shape index (κ1) is 16.0. The smallest absolute Gasteiger partial charge is 0.255 e. The van der Waals surface area contributed by atoms with Gasteiger partial charge in [-0.15, -0.1) is 0 Å². The van der Waals surface area contributed by atoms with Crippen LogP contribution in [0.3, 0.4) is 0 Å². The number of nitrogens with zero attached hydrogens (tertiary/aromatic N) is 5. The van der Waals surface area contributed by atoms with Crippen molar-refractivity contribution in [1.82, 2.24) is 19.9 Å².